The molecule has 0 aromatic heterocycles. The molecule has 3 N–H and O–H groups in total. The molecule has 1 amide bonds. The number of aliphatic hydroxyl groups is 2. The summed E-state index contributed by atoms with van der Waals surface area (Å²) < 4.78 is 5.48. The zero-order valence-electron chi connectivity index (χ0n) is 47.7. The molecule has 6 heteroatoms. The Labute approximate surface area is 443 Å². The van der Waals surface area contributed by atoms with E-state index < -0.39 is 12.1 Å². The number of rotatable bonds is 59. The van der Waals surface area contributed by atoms with Crippen LogP contribution in [0.1, 0.15) is 341 Å². The van der Waals surface area contributed by atoms with Crippen molar-refractivity contribution in [3.63, 3.8) is 0 Å². The van der Waals surface area contributed by atoms with Gasteiger partial charge in [0.25, 0.3) is 0 Å². The highest BCUT2D eigenvalue weighted by molar-refractivity contribution is 5.76. The fourth-order valence-electron chi connectivity index (χ4n) is 9.78. The van der Waals surface area contributed by atoms with Crippen LogP contribution in [0.3, 0.4) is 0 Å². The molecule has 2 unspecified atom stereocenters. The van der Waals surface area contributed by atoms with Gasteiger partial charge in [0.2, 0.25) is 5.91 Å². The van der Waals surface area contributed by atoms with Crippen LogP contribution >= 0.6 is 0 Å². The average molecular weight is 999 g/mol. The zero-order chi connectivity index (χ0) is 51.4. The van der Waals surface area contributed by atoms with Crippen molar-refractivity contribution in [1.82, 2.24) is 5.32 Å². The number of hydrogen-bond donors (Lipinski definition) is 3. The predicted molar refractivity (Wildman–Crippen MR) is 310 cm³/mol. The quantitative estimate of drug-likeness (QED) is 0.0321. The number of ether oxygens (including phenoxy) is 1. The third-order valence-electron chi connectivity index (χ3n) is 14.7. The van der Waals surface area contributed by atoms with Gasteiger partial charge in [-0.3, -0.25) is 9.59 Å². The molecule has 0 aliphatic rings. The maximum absolute atomic E-state index is 12.4. The van der Waals surface area contributed by atoms with Crippen LogP contribution in [-0.4, -0.2) is 47.4 Å². The Balaban J connectivity index is 3.40. The van der Waals surface area contributed by atoms with E-state index in [9.17, 15) is 19.8 Å². The van der Waals surface area contributed by atoms with Crippen LogP contribution in [0.25, 0.3) is 0 Å². The van der Waals surface area contributed by atoms with E-state index in [2.05, 4.69) is 43.5 Å². The predicted octanol–water partition coefficient (Wildman–Crippen LogP) is 20.0. The average Bonchev–Trinajstić information content (AvgIpc) is 3.37. The first-order valence-corrected chi connectivity index (χ1v) is 31.8. The number of unbranched alkanes of at least 4 members (excludes halogenated alkanes) is 44. The van der Waals surface area contributed by atoms with Crippen LogP contribution in [0.5, 0.6) is 0 Å². The van der Waals surface area contributed by atoms with Crippen molar-refractivity contribution in [2.24, 2.45) is 0 Å². The minimum atomic E-state index is -0.843. The number of amides is 1. The highest BCUT2D eigenvalue weighted by atomic mass is 16.5. The van der Waals surface area contributed by atoms with Crippen molar-refractivity contribution in [2.75, 3.05) is 13.2 Å². The first-order chi connectivity index (χ1) is 35.0. The lowest BCUT2D eigenvalue weighted by Crippen LogP contribution is -2.45. The molecule has 0 saturated carbocycles. The van der Waals surface area contributed by atoms with E-state index in [1.54, 1.807) is 6.08 Å². The van der Waals surface area contributed by atoms with Crippen LogP contribution in [-0.2, 0) is 14.3 Å². The van der Waals surface area contributed by atoms with Gasteiger partial charge in [-0.2, -0.15) is 0 Å². The van der Waals surface area contributed by atoms with E-state index in [1.807, 2.05) is 6.08 Å². The molecule has 6 nitrogen and oxygen atoms in total. The normalized spacial score (nSPS) is 12.8. The molecule has 0 radical (unpaired) electrons. The van der Waals surface area contributed by atoms with Crippen molar-refractivity contribution >= 4 is 11.9 Å². The fourth-order valence-corrected chi connectivity index (χ4v) is 9.78. The van der Waals surface area contributed by atoms with Crippen molar-refractivity contribution in [1.29, 1.82) is 0 Å². The molecule has 0 heterocycles. The smallest absolute Gasteiger partial charge is 0.305 e. The van der Waals surface area contributed by atoms with E-state index in [0.29, 0.717) is 19.4 Å². The summed E-state index contributed by atoms with van der Waals surface area (Å²) in [5, 5.41) is 23.0. The summed E-state index contributed by atoms with van der Waals surface area (Å²) in [5.41, 5.74) is 0. The van der Waals surface area contributed by atoms with E-state index >= 15 is 0 Å². The maximum Gasteiger partial charge on any atom is 0.305 e. The second-order valence-corrected chi connectivity index (χ2v) is 21.7. The first kappa shape index (κ1) is 69.1. The number of aliphatic hydroxyl groups excluding tert-OH is 2. The number of hydrogen-bond acceptors (Lipinski definition) is 5. The summed E-state index contributed by atoms with van der Waals surface area (Å²) in [4.78, 5) is 24.5. The molecule has 2 atom stereocenters. The molecule has 0 spiro atoms. The van der Waals surface area contributed by atoms with Crippen molar-refractivity contribution < 1.29 is 24.5 Å². The Kier molecular flexibility index (Phi) is 59.0. The number of allylic oxidation sites excluding steroid dienone is 5. The van der Waals surface area contributed by atoms with E-state index in [1.165, 1.54) is 270 Å². The van der Waals surface area contributed by atoms with E-state index in [4.69, 9.17) is 4.74 Å². The number of carbonyl (C=O) groups is 2. The van der Waals surface area contributed by atoms with Gasteiger partial charge >= 0.3 is 5.97 Å². The Morgan fingerprint density at radius 2 is 0.704 bits per heavy atom. The Morgan fingerprint density at radius 1 is 0.394 bits per heavy atom. The van der Waals surface area contributed by atoms with Gasteiger partial charge in [-0.05, 0) is 64.2 Å². The maximum atomic E-state index is 12.4. The second kappa shape index (κ2) is 60.6. The summed E-state index contributed by atoms with van der Waals surface area (Å²) in [6.07, 6.45) is 76.3. The molecule has 0 saturated heterocycles. The third-order valence-corrected chi connectivity index (χ3v) is 14.7. The van der Waals surface area contributed by atoms with Crippen molar-refractivity contribution in [3.8, 4) is 0 Å². The zero-order valence-corrected chi connectivity index (χ0v) is 47.7. The molecule has 0 aliphatic carbocycles. The lowest BCUT2D eigenvalue weighted by Gasteiger charge is -2.20. The Bertz CT molecular complexity index is 1150. The summed E-state index contributed by atoms with van der Waals surface area (Å²) in [7, 11) is 0. The van der Waals surface area contributed by atoms with Gasteiger partial charge in [-0.15, -0.1) is 0 Å². The van der Waals surface area contributed by atoms with E-state index in [-0.39, 0.29) is 18.5 Å². The highest BCUT2D eigenvalue weighted by Crippen LogP contribution is 2.17. The van der Waals surface area contributed by atoms with Crippen LogP contribution in [0.4, 0.5) is 0 Å². The van der Waals surface area contributed by atoms with Gasteiger partial charge < -0.3 is 20.3 Å². The molecule has 0 aromatic rings. The minimum Gasteiger partial charge on any atom is -0.466 e. The molecule has 0 rings (SSSR count). The van der Waals surface area contributed by atoms with Crippen LogP contribution in [0.15, 0.2) is 36.5 Å². The highest BCUT2D eigenvalue weighted by Gasteiger charge is 2.18. The van der Waals surface area contributed by atoms with Crippen LogP contribution < -0.4 is 5.32 Å². The van der Waals surface area contributed by atoms with Gasteiger partial charge in [-0.1, -0.05) is 301 Å². The van der Waals surface area contributed by atoms with E-state index in [0.717, 1.165) is 44.9 Å². The number of carbonyl (C=O) groups excluding carboxylic acids is 2. The van der Waals surface area contributed by atoms with Gasteiger partial charge in [0.15, 0.2) is 0 Å². The first-order valence-electron chi connectivity index (χ1n) is 31.8. The van der Waals surface area contributed by atoms with Gasteiger partial charge in [-0.25, -0.2) is 0 Å². The van der Waals surface area contributed by atoms with Gasteiger partial charge in [0, 0.05) is 12.8 Å². The fraction of sp³-hybridized carbons (Fsp3) is 0.877. The summed E-state index contributed by atoms with van der Waals surface area (Å²) in [6, 6.07) is -0.627. The molecule has 418 valence electrons. The lowest BCUT2D eigenvalue weighted by molar-refractivity contribution is -0.143. The molecule has 0 fully saturated rings. The summed E-state index contributed by atoms with van der Waals surface area (Å²) >= 11 is 0. The monoisotopic (exact) mass is 998 g/mol. The molecule has 71 heavy (non-hydrogen) atoms. The number of nitrogens with one attached hydrogen (secondary N) is 1. The topological polar surface area (TPSA) is 95.9 Å². The molecule has 0 aromatic carbocycles. The summed E-state index contributed by atoms with van der Waals surface area (Å²) in [5.74, 6) is -0.0557. The second-order valence-electron chi connectivity index (χ2n) is 21.7. The number of esters is 1. The molecular formula is C65H123NO5. The van der Waals surface area contributed by atoms with Gasteiger partial charge in [0.05, 0.1) is 25.4 Å². The third kappa shape index (κ3) is 57.2. The standard InChI is InChI=1S/C65H123NO5/c1-3-5-7-9-11-13-15-16-35-39-43-47-51-55-59-65(70)71-60-56-52-48-44-40-36-33-31-29-27-25-23-21-19-17-18-20-22-24-26-28-30-32-34-38-42-46-50-54-58-64(69)66-62(61-67)63(68)57-53-49-45-41-37-14-12-10-8-6-4-2/h17,19,23,25,53,57,62-63,67-68H,3-16,18,20-22,24,26-52,54-56,58-61H2,1-2H3,(H,66,69)/b19-17-,25-23-,57-53+. The Morgan fingerprint density at radius 3 is 1.07 bits per heavy atom. The largest absolute Gasteiger partial charge is 0.466 e. The SMILES string of the molecule is CCCCCCCCCCC/C=C/C(O)C(CO)NC(=O)CCCCCCCCCCCCCCC/C=C\C/C=C\CCCCCCCCCCCOC(=O)CCCCCCCCCCCCCCCC. The minimum absolute atomic E-state index is 0.0139. The van der Waals surface area contributed by atoms with Crippen molar-refractivity contribution in [2.45, 2.75) is 353 Å². The van der Waals surface area contributed by atoms with Crippen LogP contribution in [0.2, 0.25) is 0 Å². The Hall–Kier alpha value is -1.92. The molecule has 0 aliphatic heterocycles. The van der Waals surface area contributed by atoms with Gasteiger partial charge in [0.1, 0.15) is 0 Å². The van der Waals surface area contributed by atoms with Crippen LogP contribution in [0, 0.1) is 0 Å². The van der Waals surface area contributed by atoms with Crippen molar-refractivity contribution in [3.05, 3.63) is 36.5 Å². The molecule has 0 bridgehead atoms. The summed E-state index contributed by atoms with van der Waals surface area (Å²) in [6.45, 7) is 4.90. The lowest BCUT2D eigenvalue weighted by atomic mass is 10.0. The molecular weight excluding hydrogens is 875 g/mol.